The van der Waals surface area contributed by atoms with Gasteiger partial charge >= 0.3 is 0 Å². The summed E-state index contributed by atoms with van der Waals surface area (Å²) in [6.45, 7) is 2.04. The summed E-state index contributed by atoms with van der Waals surface area (Å²) in [6, 6.07) is 9.82. The highest BCUT2D eigenvalue weighted by atomic mass is 35.5. The number of benzene rings is 1. The van der Waals surface area contributed by atoms with Crippen LogP contribution >= 0.6 is 24.2 Å². The van der Waals surface area contributed by atoms with Gasteiger partial charge in [-0.2, -0.15) is 0 Å². The Balaban J connectivity index is 0.00000108. The van der Waals surface area contributed by atoms with Gasteiger partial charge in [0.05, 0.1) is 0 Å². The smallest absolute Gasteiger partial charge is 0.277 e. The van der Waals surface area contributed by atoms with Crippen molar-refractivity contribution in [1.29, 1.82) is 0 Å². The van der Waals surface area contributed by atoms with Gasteiger partial charge in [-0.25, -0.2) is 0 Å². The number of aromatic nitrogens is 2. The maximum absolute atomic E-state index is 5.59. The van der Waals surface area contributed by atoms with Gasteiger partial charge in [0.2, 0.25) is 5.89 Å². The topological polar surface area (TPSA) is 51.0 Å². The van der Waals surface area contributed by atoms with Crippen LogP contribution in [-0.4, -0.2) is 28.5 Å². The van der Waals surface area contributed by atoms with Crippen molar-refractivity contribution in [2.75, 3.05) is 13.1 Å². The van der Waals surface area contributed by atoms with E-state index in [2.05, 4.69) is 15.5 Å². The summed E-state index contributed by atoms with van der Waals surface area (Å²) < 4.78 is 5.59. The lowest BCUT2D eigenvalue weighted by atomic mass is 10.2. The maximum Gasteiger partial charge on any atom is 0.277 e. The number of hydrogen-bond acceptors (Lipinski definition) is 5. The Morgan fingerprint density at radius 2 is 1.94 bits per heavy atom. The summed E-state index contributed by atoms with van der Waals surface area (Å²) in [4.78, 5) is 0. The SMILES string of the molecule is Cl.c1ccc(-c2nnc(SC3CNC3)o2)cc1. The molecule has 3 rings (SSSR count). The maximum atomic E-state index is 5.59. The molecule has 2 aromatic rings. The lowest BCUT2D eigenvalue weighted by Crippen LogP contribution is -2.44. The molecule has 0 unspecified atom stereocenters. The number of rotatable bonds is 3. The van der Waals surface area contributed by atoms with E-state index in [1.54, 1.807) is 11.8 Å². The second-order valence-corrected chi connectivity index (χ2v) is 4.89. The highest BCUT2D eigenvalue weighted by Gasteiger charge is 2.21. The van der Waals surface area contributed by atoms with Crippen LogP contribution in [0.3, 0.4) is 0 Å². The molecule has 0 aliphatic carbocycles. The Morgan fingerprint density at radius 3 is 2.59 bits per heavy atom. The van der Waals surface area contributed by atoms with Crippen LogP contribution in [0.15, 0.2) is 40.0 Å². The lowest BCUT2D eigenvalue weighted by molar-refractivity contribution is 0.459. The van der Waals surface area contributed by atoms with Crippen molar-refractivity contribution < 1.29 is 4.42 Å². The first-order valence-corrected chi connectivity index (χ1v) is 6.06. The van der Waals surface area contributed by atoms with Crippen LogP contribution in [0.1, 0.15) is 0 Å². The zero-order chi connectivity index (χ0) is 10.8. The summed E-state index contributed by atoms with van der Waals surface area (Å²) in [5, 5.41) is 12.5. The second kappa shape index (κ2) is 5.53. The van der Waals surface area contributed by atoms with Crippen LogP contribution in [0, 0.1) is 0 Å². The minimum absolute atomic E-state index is 0. The van der Waals surface area contributed by atoms with E-state index in [1.165, 1.54) is 0 Å². The molecule has 0 saturated carbocycles. The number of thioether (sulfide) groups is 1. The van der Waals surface area contributed by atoms with Crippen molar-refractivity contribution in [3.63, 3.8) is 0 Å². The Labute approximate surface area is 110 Å². The van der Waals surface area contributed by atoms with Crippen LogP contribution in [0.5, 0.6) is 0 Å². The van der Waals surface area contributed by atoms with Crippen molar-refractivity contribution in [2.45, 2.75) is 10.5 Å². The molecular weight excluding hydrogens is 258 g/mol. The number of hydrogen-bond donors (Lipinski definition) is 1. The van der Waals surface area contributed by atoms with Gasteiger partial charge in [-0.3, -0.25) is 0 Å². The van der Waals surface area contributed by atoms with Gasteiger partial charge in [-0.1, -0.05) is 30.0 Å². The average molecular weight is 270 g/mol. The first-order chi connectivity index (χ1) is 7.92. The molecule has 1 fully saturated rings. The fourth-order valence-corrected chi connectivity index (χ4v) is 2.35. The van der Waals surface area contributed by atoms with Crippen LogP contribution in [-0.2, 0) is 0 Å². The van der Waals surface area contributed by atoms with Crippen LogP contribution < -0.4 is 5.32 Å². The molecule has 0 atom stereocenters. The number of halogens is 1. The van der Waals surface area contributed by atoms with Gasteiger partial charge < -0.3 is 9.73 Å². The second-order valence-electron chi connectivity index (χ2n) is 3.64. The molecular formula is C11H12ClN3OS. The van der Waals surface area contributed by atoms with E-state index in [-0.39, 0.29) is 12.4 Å². The molecule has 0 spiro atoms. The molecule has 2 heterocycles. The molecule has 1 aliphatic rings. The third-order valence-electron chi connectivity index (χ3n) is 2.44. The zero-order valence-corrected chi connectivity index (χ0v) is 10.6. The zero-order valence-electron chi connectivity index (χ0n) is 9.00. The van der Waals surface area contributed by atoms with Gasteiger partial charge in [-0.15, -0.1) is 22.6 Å². The van der Waals surface area contributed by atoms with E-state index < -0.39 is 0 Å². The third kappa shape index (κ3) is 2.80. The molecule has 1 aromatic heterocycles. The Hall–Kier alpha value is -1.04. The van der Waals surface area contributed by atoms with Gasteiger partial charge in [0.25, 0.3) is 5.22 Å². The fraction of sp³-hybridized carbons (Fsp3) is 0.273. The average Bonchev–Trinajstić information content (AvgIpc) is 2.73. The molecule has 0 bridgehead atoms. The largest absolute Gasteiger partial charge is 0.411 e. The highest BCUT2D eigenvalue weighted by molar-refractivity contribution is 7.99. The van der Waals surface area contributed by atoms with E-state index in [9.17, 15) is 0 Å². The van der Waals surface area contributed by atoms with E-state index in [4.69, 9.17) is 4.42 Å². The Morgan fingerprint density at radius 1 is 1.18 bits per heavy atom. The Bertz CT molecular complexity index is 473. The molecule has 0 radical (unpaired) electrons. The number of nitrogens with zero attached hydrogens (tertiary/aromatic N) is 2. The minimum atomic E-state index is 0. The lowest BCUT2D eigenvalue weighted by Gasteiger charge is -2.24. The molecule has 1 N–H and O–H groups in total. The molecule has 1 aliphatic heterocycles. The molecule has 1 saturated heterocycles. The molecule has 0 amide bonds. The van der Waals surface area contributed by atoms with Gasteiger partial charge in [-0.05, 0) is 12.1 Å². The summed E-state index contributed by atoms with van der Waals surface area (Å²) in [7, 11) is 0. The summed E-state index contributed by atoms with van der Waals surface area (Å²) >= 11 is 1.64. The van der Waals surface area contributed by atoms with E-state index in [0.29, 0.717) is 16.4 Å². The number of nitrogens with one attached hydrogen (secondary N) is 1. The van der Waals surface area contributed by atoms with Gasteiger partial charge in [0.1, 0.15) is 0 Å². The molecule has 4 nitrogen and oxygen atoms in total. The van der Waals surface area contributed by atoms with Crippen molar-refractivity contribution in [3.05, 3.63) is 30.3 Å². The minimum Gasteiger partial charge on any atom is -0.411 e. The van der Waals surface area contributed by atoms with Crippen molar-refractivity contribution in [3.8, 4) is 11.5 Å². The van der Waals surface area contributed by atoms with E-state index in [1.807, 2.05) is 30.3 Å². The normalized spacial score (nSPS) is 15.1. The standard InChI is InChI=1S/C11H11N3OS.ClH/c1-2-4-8(5-3-1)10-13-14-11(15-10)16-9-6-12-7-9;/h1-5,9,12H,6-7H2;1H. The summed E-state index contributed by atoms with van der Waals surface area (Å²) in [5.74, 6) is 0.593. The van der Waals surface area contributed by atoms with E-state index >= 15 is 0 Å². The van der Waals surface area contributed by atoms with Crippen LogP contribution in [0.2, 0.25) is 0 Å². The van der Waals surface area contributed by atoms with Gasteiger partial charge in [0, 0.05) is 23.9 Å². The van der Waals surface area contributed by atoms with Crippen LogP contribution in [0.25, 0.3) is 11.5 Å². The molecule has 1 aromatic carbocycles. The molecule has 6 heteroatoms. The molecule has 17 heavy (non-hydrogen) atoms. The highest BCUT2D eigenvalue weighted by Crippen LogP contribution is 2.27. The first kappa shape index (κ1) is 12.4. The monoisotopic (exact) mass is 269 g/mol. The van der Waals surface area contributed by atoms with Gasteiger partial charge in [0.15, 0.2) is 0 Å². The summed E-state index contributed by atoms with van der Waals surface area (Å²) in [6.07, 6.45) is 0. The first-order valence-electron chi connectivity index (χ1n) is 5.18. The summed E-state index contributed by atoms with van der Waals surface area (Å²) in [5.41, 5.74) is 0.966. The quantitative estimate of drug-likeness (QED) is 0.926. The predicted octanol–water partition coefficient (Wildman–Crippen LogP) is 2.22. The van der Waals surface area contributed by atoms with Crippen molar-refractivity contribution in [1.82, 2.24) is 15.5 Å². The molecule has 90 valence electrons. The predicted molar refractivity (Wildman–Crippen MR) is 69.5 cm³/mol. The van der Waals surface area contributed by atoms with E-state index in [0.717, 1.165) is 18.7 Å². The fourth-order valence-electron chi connectivity index (χ4n) is 1.44. The van der Waals surface area contributed by atoms with Crippen molar-refractivity contribution >= 4 is 24.2 Å². The van der Waals surface area contributed by atoms with Crippen molar-refractivity contribution in [2.24, 2.45) is 0 Å². The van der Waals surface area contributed by atoms with Crippen LogP contribution in [0.4, 0.5) is 0 Å². The third-order valence-corrected chi connectivity index (χ3v) is 3.47. The Kier molecular flexibility index (Phi) is 4.04.